The number of nitrogens with zero attached hydrogens (tertiary/aromatic N) is 3. The van der Waals surface area contributed by atoms with Gasteiger partial charge in [-0.25, -0.2) is 0 Å². The van der Waals surface area contributed by atoms with Crippen LogP contribution in [0.4, 0.5) is 0 Å². The summed E-state index contributed by atoms with van der Waals surface area (Å²) >= 11 is 0. The Morgan fingerprint density at radius 2 is 1.96 bits per heavy atom. The molecule has 1 unspecified atom stereocenters. The van der Waals surface area contributed by atoms with Crippen molar-refractivity contribution in [3.8, 4) is 11.5 Å². The topological polar surface area (TPSA) is 77.7 Å². The van der Waals surface area contributed by atoms with E-state index >= 15 is 0 Å². The monoisotopic (exact) mass is 373 g/mol. The van der Waals surface area contributed by atoms with E-state index in [1.807, 2.05) is 43.9 Å². The number of methoxy groups -OCH3 is 2. The largest absolute Gasteiger partial charge is 0.493 e. The minimum atomic E-state index is -0.169. The lowest BCUT2D eigenvalue weighted by atomic mass is 9.96. The first-order valence-electron chi connectivity index (χ1n) is 9.14. The smallest absolute Gasteiger partial charge is 0.232 e. The number of ether oxygens (including phenoxy) is 2. The van der Waals surface area contributed by atoms with Gasteiger partial charge in [-0.2, -0.15) is 4.98 Å². The number of amides is 1. The van der Waals surface area contributed by atoms with Gasteiger partial charge in [-0.15, -0.1) is 0 Å². The van der Waals surface area contributed by atoms with Gasteiger partial charge in [-0.3, -0.25) is 4.79 Å². The Morgan fingerprint density at radius 1 is 1.22 bits per heavy atom. The van der Waals surface area contributed by atoms with Gasteiger partial charge in [0.1, 0.15) is 0 Å². The Hall–Kier alpha value is -2.57. The Kier molecular flexibility index (Phi) is 5.39. The van der Waals surface area contributed by atoms with Gasteiger partial charge in [0.15, 0.2) is 17.3 Å². The molecule has 1 saturated heterocycles. The van der Waals surface area contributed by atoms with E-state index < -0.39 is 0 Å². The molecule has 1 aromatic carbocycles. The van der Waals surface area contributed by atoms with Crippen molar-refractivity contribution >= 4 is 5.91 Å². The molecule has 1 aliphatic rings. The van der Waals surface area contributed by atoms with Gasteiger partial charge in [0.05, 0.1) is 20.1 Å². The van der Waals surface area contributed by atoms with Crippen LogP contribution in [0.2, 0.25) is 0 Å². The summed E-state index contributed by atoms with van der Waals surface area (Å²) in [5, 5.41) is 4.07. The molecule has 0 spiro atoms. The van der Waals surface area contributed by atoms with E-state index in [1.165, 1.54) is 0 Å². The number of carbonyl (C=O) groups is 1. The van der Waals surface area contributed by atoms with Crippen LogP contribution in [0.25, 0.3) is 0 Å². The number of hydrogen-bond donors (Lipinski definition) is 0. The van der Waals surface area contributed by atoms with Gasteiger partial charge >= 0.3 is 0 Å². The summed E-state index contributed by atoms with van der Waals surface area (Å²) in [5.74, 6) is 2.71. The first-order valence-corrected chi connectivity index (χ1v) is 9.14. The molecule has 1 amide bonds. The van der Waals surface area contributed by atoms with Gasteiger partial charge < -0.3 is 18.9 Å². The molecule has 7 nitrogen and oxygen atoms in total. The lowest BCUT2D eigenvalue weighted by Crippen LogP contribution is -2.27. The maximum absolute atomic E-state index is 12.4. The maximum atomic E-state index is 12.4. The number of likely N-dealkylation sites (tertiary alicyclic amines) is 1. The molecular weight excluding hydrogens is 346 g/mol. The van der Waals surface area contributed by atoms with Crippen LogP contribution in [0.3, 0.4) is 0 Å². The molecule has 146 valence electrons. The highest BCUT2D eigenvalue weighted by atomic mass is 16.5. The van der Waals surface area contributed by atoms with Crippen LogP contribution in [-0.4, -0.2) is 48.3 Å². The average Bonchev–Trinajstić information content (AvgIpc) is 3.26. The number of aromatic nitrogens is 2. The summed E-state index contributed by atoms with van der Waals surface area (Å²) in [4.78, 5) is 18.8. The summed E-state index contributed by atoms with van der Waals surface area (Å²) in [6.07, 6.45) is 1.16. The molecule has 0 aliphatic carbocycles. The summed E-state index contributed by atoms with van der Waals surface area (Å²) in [5.41, 5.74) is 0.925. The molecule has 1 aromatic heterocycles. The molecule has 0 N–H and O–H groups in total. The van der Waals surface area contributed by atoms with Crippen molar-refractivity contribution in [3.63, 3.8) is 0 Å². The van der Waals surface area contributed by atoms with Gasteiger partial charge in [0.2, 0.25) is 11.8 Å². The zero-order valence-electron chi connectivity index (χ0n) is 16.6. The average molecular weight is 373 g/mol. The second kappa shape index (κ2) is 7.58. The van der Waals surface area contributed by atoms with Crippen molar-refractivity contribution in [1.29, 1.82) is 0 Å². The van der Waals surface area contributed by atoms with Crippen LogP contribution in [-0.2, 0) is 16.6 Å². The van der Waals surface area contributed by atoms with E-state index in [1.54, 1.807) is 14.2 Å². The lowest BCUT2D eigenvalue weighted by molar-refractivity contribution is -0.127. The summed E-state index contributed by atoms with van der Waals surface area (Å²) in [7, 11) is 3.23. The second-order valence-corrected chi connectivity index (χ2v) is 7.89. The molecule has 7 heteroatoms. The standard InChI is InChI=1S/C20H27N3O4/c1-20(2,3)19-21-18(27-22-19)14-11-17(24)23(12-14)9-8-13-6-7-15(25-4)16(10-13)26-5/h6-7,10,14H,8-9,11-12H2,1-5H3. The number of hydrogen-bond acceptors (Lipinski definition) is 6. The minimum absolute atomic E-state index is 0.0356. The quantitative estimate of drug-likeness (QED) is 0.775. The predicted molar refractivity (Wildman–Crippen MR) is 100 cm³/mol. The van der Waals surface area contributed by atoms with Crippen molar-refractivity contribution in [2.75, 3.05) is 27.3 Å². The Labute approximate surface area is 159 Å². The van der Waals surface area contributed by atoms with Crippen molar-refractivity contribution in [3.05, 3.63) is 35.5 Å². The molecule has 1 fully saturated rings. The molecule has 0 radical (unpaired) electrons. The van der Waals surface area contributed by atoms with E-state index in [0.717, 1.165) is 12.0 Å². The Balaban J connectivity index is 1.62. The van der Waals surface area contributed by atoms with E-state index in [-0.39, 0.29) is 17.2 Å². The molecule has 1 atom stereocenters. The van der Waals surface area contributed by atoms with Crippen LogP contribution in [0.15, 0.2) is 22.7 Å². The molecule has 2 aromatic rings. The maximum Gasteiger partial charge on any atom is 0.232 e. The zero-order chi connectivity index (χ0) is 19.6. The first-order chi connectivity index (χ1) is 12.8. The second-order valence-electron chi connectivity index (χ2n) is 7.89. The summed E-state index contributed by atoms with van der Waals surface area (Å²) < 4.78 is 16.0. The minimum Gasteiger partial charge on any atom is -0.493 e. The molecule has 0 saturated carbocycles. The van der Waals surface area contributed by atoms with Gasteiger partial charge in [0.25, 0.3) is 0 Å². The zero-order valence-corrected chi connectivity index (χ0v) is 16.6. The predicted octanol–water partition coefficient (Wildman–Crippen LogP) is 2.94. The Morgan fingerprint density at radius 3 is 2.59 bits per heavy atom. The van der Waals surface area contributed by atoms with Crippen molar-refractivity contribution in [2.45, 2.75) is 44.9 Å². The normalized spacial score (nSPS) is 17.4. The van der Waals surface area contributed by atoms with Crippen molar-refractivity contribution < 1.29 is 18.8 Å². The van der Waals surface area contributed by atoms with E-state index in [0.29, 0.717) is 42.7 Å². The van der Waals surface area contributed by atoms with Crippen LogP contribution in [0.5, 0.6) is 11.5 Å². The third-order valence-electron chi connectivity index (χ3n) is 4.79. The van der Waals surface area contributed by atoms with Gasteiger partial charge in [-0.05, 0) is 24.1 Å². The highest BCUT2D eigenvalue weighted by Crippen LogP contribution is 2.30. The summed E-state index contributed by atoms with van der Waals surface area (Å²) in [6, 6.07) is 5.83. The fourth-order valence-electron chi connectivity index (χ4n) is 3.16. The van der Waals surface area contributed by atoms with Crippen LogP contribution >= 0.6 is 0 Å². The van der Waals surface area contributed by atoms with Gasteiger partial charge in [0, 0.05) is 24.9 Å². The van der Waals surface area contributed by atoms with Crippen molar-refractivity contribution in [1.82, 2.24) is 15.0 Å². The first kappa shape index (κ1) is 19.2. The highest BCUT2D eigenvalue weighted by molar-refractivity contribution is 5.79. The lowest BCUT2D eigenvalue weighted by Gasteiger charge is -2.16. The summed E-state index contributed by atoms with van der Waals surface area (Å²) in [6.45, 7) is 7.37. The van der Waals surface area contributed by atoms with Crippen molar-refractivity contribution in [2.24, 2.45) is 0 Å². The van der Waals surface area contributed by atoms with E-state index in [9.17, 15) is 4.79 Å². The molecule has 27 heavy (non-hydrogen) atoms. The third kappa shape index (κ3) is 4.23. The molecule has 1 aliphatic heterocycles. The third-order valence-corrected chi connectivity index (χ3v) is 4.79. The highest BCUT2D eigenvalue weighted by Gasteiger charge is 2.35. The van der Waals surface area contributed by atoms with Crippen LogP contribution < -0.4 is 9.47 Å². The van der Waals surface area contributed by atoms with E-state index in [4.69, 9.17) is 14.0 Å². The number of benzene rings is 1. The van der Waals surface area contributed by atoms with E-state index in [2.05, 4.69) is 10.1 Å². The Bertz CT molecular complexity index is 810. The fraction of sp³-hybridized carbons (Fsp3) is 0.550. The van der Waals surface area contributed by atoms with Gasteiger partial charge in [-0.1, -0.05) is 32.0 Å². The van der Waals surface area contributed by atoms with Crippen LogP contribution in [0.1, 0.15) is 50.4 Å². The number of rotatable bonds is 6. The molecule has 3 rings (SSSR count). The SMILES string of the molecule is COc1ccc(CCN2CC(c3nc(C(C)(C)C)no3)CC2=O)cc1OC. The molecular formula is C20H27N3O4. The molecule has 2 heterocycles. The molecule has 0 bridgehead atoms. The fourth-order valence-corrected chi connectivity index (χ4v) is 3.16. The number of carbonyl (C=O) groups excluding carboxylic acids is 1. The van der Waals surface area contributed by atoms with Crippen LogP contribution in [0, 0.1) is 0 Å².